The van der Waals surface area contributed by atoms with Crippen LogP contribution in [0.3, 0.4) is 0 Å². The zero-order valence-electron chi connectivity index (χ0n) is 13.6. The number of likely N-dealkylation sites (N-methyl/N-ethyl adjacent to an activating group) is 1. The number of carbonyl (C=O) groups is 1. The van der Waals surface area contributed by atoms with Crippen molar-refractivity contribution in [1.29, 1.82) is 0 Å². The molecule has 0 spiro atoms. The molecule has 0 bridgehead atoms. The number of thiazole rings is 1. The molecule has 1 N–H and O–H groups in total. The van der Waals surface area contributed by atoms with Crippen LogP contribution in [0.1, 0.15) is 41.2 Å². The molecular weight excluding hydrogens is 300 g/mol. The van der Waals surface area contributed by atoms with Gasteiger partial charge in [-0.3, -0.25) is 9.69 Å². The van der Waals surface area contributed by atoms with Crippen LogP contribution in [0.4, 0.5) is 5.82 Å². The Kier molecular flexibility index (Phi) is 5.31. The highest BCUT2D eigenvalue weighted by Gasteiger charge is 2.20. The molecule has 0 fully saturated rings. The standard InChI is InChI=1S/C15H22N4O2S/c1-6-14-16-10(3)15(22-14)11(4)19(5)8-13(20)17-12-7-9(2)21-18-12/h7,11H,6,8H2,1-5H3,(H,17,18,20)/t11-/m1/s1. The van der Waals surface area contributed by atoms with E-state index in [1.807, 2.05) is 18.9 Å². The van der Waals surface area contributed by atoms with Crippen LogP contribution in [0.15, 0.2) is 10.6 Å². The third-order valence-electron chi connectivity index (χ3n) is 3.51. The second-order valence-corrected chi connectivity index (χ2v) is 6.49. The average molecular weight is 322 g/mol. The van der Waals surface area contributed by atoms with E-state index in [0.29, 0.717) is 11.6 Å². The van der Waals surface area contributed by atoms with E-state index in [1.54, 1.807) is 24.3 Å². The number of anilines is 1. The van der Waals surface area contributed by atoms with Gasteiger partial charge in [-0.2, -0.15) is 0 Å². The largest absolute Gasteiger partial charge is 0.360 e. The Labute approximate surface area is 134 Å². The van der Waals surface area contributed by atoms with Crippen LogP contribution in [0.2, 0.25) is 0 Å². The lowest BCUT2D eigenvalue weighted by Crippen LogP contribution is -2.32. The Balaban J connectivity index is 1.96. The molecule has 0 saturated carbocycles. The smallest absolute Gasteiger partial charge is 0.239 e. The van der Waals surface area contributed by atoms with Crippen LogP contribution in [0, 0.1) is 13.8 Å². The van der Waals surface area contributed by atoms with Crippen LogP contribution in [-0.2, 0) is 11.2 Å². The highest BCUT2D eigenvalue weighted by Crippen LogP contribution is 2.28. The highest BCUT2D eigenvalue weighted by molar-refractivity contribution is 7.11. The monoisotopic (exact) mass is 322 g/mol. The molecule has 22 heavy (non-hydrogen) atoms. The van der Waals surface area contributed by atoms with Crippen molar-refractivity contribution in [3.63, 3.8) is 0 Å². The molecule has 7 heteroatoms. The molecule has 1 atom stereocenters. The number of nitrogens with one attached hydrogen (secondary N) is 1. The lowest BCUT2D eigenvalue weighted by molar-refractivity contribution is -0.117. The molecule has 1 amide bonds. The number of amides is 1. The highest BCUT2D eigenvalue weighted by atomic mass is 32.1. The van der Waals surface area contributed by atoms with E-state index >= 15 is 0 Å². The summed E-state index contributed by atoms with van der Waals surface area (Å²) in [6, 6.07) is 1.84. The van der Waals surface area contributed by atoms with E-state index in [1.165, 1.54) is 4.88 Å². The van der Waals surface area contributed by atoms with Crippen LogP contribution in [0.25, 0.3) is 0 Å². The van der Waals surface area contributed by atoms with E-state index in [4.69, 9.17) is 4.52 Å². The minimum absolute atomic E-state index is 0.111. The van der Waals surface area contributed by atoms with Crippen LogP contribution in [-0.4, -0.2) is 34.5 Å². The number of rotatable bonds is 6. The SMILES string of the molecule is CCc1nc(C)c([C@@H](C)N(C)CC(=O)Nc2cc(C)on2)s1. The lowest BCUT2D eigenvalue weighted by Gasteiger charge is -2.23. The normalized spacial score (nSPS) is 12.6. The third kappa shape index (κ3) is 3.92. The van der Waals surface area contributed by atoms with Gasteiger partial charge >= 0.3 is 0 Å². The van der Waals surface area contributed by atoms with Crippen molar-refractivity contribution in [3.8, 4) is 0 Å². The number of aromatic nitrogens is 2. The van der Waals surface area contributed by atoms with Crippen molar-refractivity contribution < 1.29 is 9.32 Å². The molecule has 0 aliphatic rings. The summed E-state index contributed by atoms with van der Waals surface area (Å²) in [5, 5.41) is 7.63. The Morgan fingerprint density at radius 2 is 2.23 bits per heavy atom. The van der Waals surface area contributed by atoms with Crippen LogP contribution in [0.5, 0.6) is 0 Å². The second kappa shape index (κ2) is 7.02. The first-order chi connectivity index (χ1) is 10.4. The van der Waals surface area contributed by atoms with Gasteiger partial charge in [0.05, 0.1) is 17.2 Å². The second-order valence-electron chi connectivity index (χ2n) is 5.37. The molecular formula is C15H22N4O2S. The van der Waals surface area contributed by atoms with Gasteiger partial charge in [-0.05, 0) is 34.2 Å². The number of aryl methyl sites for hydroxylation is 3. The molecule has 0 saturated heterocycles. The summed E-state index contributed by atoms with van der Waals surface area (Å²) in [4.78, 5) is 19.8. The van der Waals surface area contributed by atoms with Crippen LogP contribution >= 0.6 is 11.3 Å². The minimum Gasteiger partial charge on any atom is -0.360 e. The maximum absolute atomic E-state index is 12.1. The first kappa shape index (κ1) is 16.6. The zero-order valence-corrected chi connectivity index (χ0v) is 14.5. The summed E-state index contributed by atoms with van der Waals surface area (Å²) in [6.07, 6.45) is 0.938. The zero-order chi connectivity index (χ0) is 16.3. The van der Waals surface area contributed by atoms with Crippen molar-refractivity contribution in [2.24, 2.45) is 0 Å². The first-order valence-electron chi connectivity index (χ1n) is 7.30. The van der Waals surface area contributed by atoms with Gasteiger partial charge in [-0.15, -0.1) is 11.3 Å². The summed E-state index contributed by atoms with van der Waals surface area (Å²) >= 11 is 1.72. The van der Waals surface area contributed by atoms with Crippen molar-refractivity contribution in [2.45, 2.75) is 40.2 Å². The number of nitrogens with zero attached hydrogens (tertiary/aromatic N) is 3. The number of carbonyl (C=O) groups excluding carboxylic acids is 1. The molecule has 2 aromatic rings. The Hall–Kier alpha value is -1.73. The number of hydrogen-bond acceptors (Lipinski definition) is 6. The van der Waals surface area contributed by atoms with Crippen molar-refractivity contribution in [2.75, 3.05) is 18.9 Å². The Morgan fingerprint density at radius 1 is 1.50 bits per heavy atom. The van der Waals surface area contributed by atoms with Crippen LogP contribution < -0.4 is 5.32 Å². The van der Waals surface area contributed by atoms with Gasteiger partial charge in [0.1, 0.15) is 5.76 Å². The van der Waals surface area contributed by atoms with Gasteiger partial charge in [-0.1, -0.05) is 12.1 Å². The topological polar surface area (TPSA) is 71.3 Å². The van der Waals surface area contributed by atoms with Gasteiger partial charge in [0.15, 0.2) is 5.82 Å². The Bertz CT molecular complexity index is 650. The van der Waals surface area contributed by atoms with Crippen molar-refractivity contribution >= 4 is 23.1 Å². The van der Waals surface area contributed by atoms with Crippen molar-refractivity contribution in [1.82, 2.24) is 15.0 Å². The fourth-order valence-electron chi connectivity index (χ4n) is 2.18. The summed E-state index contributed by atoms with van der Waals surface area (Å²) in [6.45, 7) is 8.28. The molecule has 120 valence electrons. The lowest BCUT2D eigenvalue weighted by atomic mass is 10.2. The maximum atomic E-state index is 12.1. The molecule has 0 aliphatic heterocycles. The molecule has 6 nitrogen and oxygen atoms in total. The molecule has 0 unspecified atom stereocenters. The van der Waals surface area contributed by atoms with Gasteiger partial charge in [0.2, 0.25) is 5.91 Å². The third-order valence-corrected chi connectivity index (χ3v) is 4.98. The van der Waals surface area contributed by atoms with E-state index in [9.17, 15) is 4.79 Å². The first-order valence-corrected chi connectivity index (χ1v) is 8.12. The molecule has 2 rings (SSSR count). The predicted molar refractivity (Wildman–Crippen MR) is 87.1 cm³/mol. The van der Waals surface area contributed by atoms with Gasteiger partial charge in [0.25, 0.3) is 0 Å². The van der Waals surface area contributed by atoms with E-state index in [0.717, 1.165) is 17.1 Å². The van der Waals surface area contributed by atoms with Crippen molar-refractivity contribution in [3.05, 3.63) is 27.4 Å². The summed E-state index contributed by atoms with van der Waals surface area (Å²) in [7, 11) is 1.93. The van der Waals surface area contributed by atoms with E-state index < -0.39 is 0 Å². The summed E-state index contributed by atoms with van der Waals surface area (Å²) in [5.41, 5.74) is 1.05. The van der Waals surface area contributed by atoms with Gasteiger partial charge < -0.3 is 9.84 Å². The minimum atomic E-state index is -0.111. The molecule has 2 aromatic heterocycles. The number of hydrogen-bond donors (Lipinski definition) is 1. The summed E-state index contributed by atoms with van der Waals surface area (Å²) in [5.74, 6) is 1.01. The van der Waals surface area contributed by atoms with E-state index in [-0.39, 0.29) is 18.5 Å². The molecule has 0 aliphatic carbocycles. The fraction of sp³-hybridized carbons (Fsp3) is 0.533. The Morgan fingerprint density at radius 3 is 2.77 bits per heavy atom. The van der Waals surface area contributed by atoms with E-state index in [2.05, 4.69) is 29.3 Å². The molecule has 2 heterocycles. The maximum Gasteiger partial charge on any atom is 0.239 e. The fourth-order valence-corrected chi connectivity index (χ4v) is 3.30. The summed E-state index contributed by atoms with van der Waals surface area (Å²) < 4.78 is 4.93. The molecule has 0 radical (unpaired) electrons. The van der Waals surface area contributed by atoms with Gasteiger partial charge in [-0.25, -0.2) is 4.98 Å². The molecule has 0 aromatic carbocycles. The predicted octanol–water partition coefficient (Wildman–Crippen LogP) is 2.94. The van der Waals surface area contributed by atoms with Gasteiger partial charge in [0, 0.05) is 17.0 Å². The average Bonchev–Trinajstić information content (AvgIpc) is 3.03. The quantitative estimate of drug-likeness (QED) is 0.885.